The Morgan fingerprint density at radius 3 is 2.71 bits per heavy atom. The second-order valence-corrected chi connectivity index (χ2v) is 4.21. The molecule has 1 aliphatic rings. The molecule has 1 fully saturated rings. The van der Waals surface area contributed by atoms with E-state index >= 15 is 0 Å². The van der Waals surface area contributed by atoms with Gasteiger partial charge in [-0.15, -0.1) is 0 Å². The Morgan fingerprint density at radius 1 is 1.41 bits per heavy atom. The summed E-state index contributed by atoms with van der Waals surface area (Å²) in [6.45, 7) is 1.61. The van der Waals surface area contributed by atoms with Crippen LogP contribution in [-0.2, 0) is 0 Å². The van der Waals surface area contributed by atoms with Gasteiger partial charge in [0.2, 0.25) is 5.69 Å². The molecule has 0 spiro atoms. The van der Waals surface area contributed by atoms with Crippen LogP contribution in [0.5, 0.6) is 0 Å². The summed E-state index contributed by atoms with van der Waals surface area (Å²) in [6.07, 6.45) is 2.35. The maximum absolute atomic E-state index is 11.5. The third-order valence-corrected chi connectivity index (χ3v) is 3.12. The lowest BCUT2D eigenvalue weighted by Gasteiger charge is -2.24. The van der Waals surface area contributed by atoms with E-state index in [9.17, 15) is 10.3 Å². The molecule has 1 aromatic rings. The number of rotatable bonds is 3. The van der Waals surface area contributed by atoms with Crippen molar-refractivity contribution in [2.45, 2.75) is 25.0 Å². The first-order chi connectivity index (χ1) is 8.24. The number of nitrogens with zero attached hydrogens (tertiary/aromatic N) is 3. The smallest absolute Gasteiger partial charge is 0.224 e. The van der Waals surface area contributed by atoms with Crippen molar-refractivity contribution in [3.05, 3.63) is 35.3 Å². The van der Waals surface area contributed by atoms with Gasteiger partial charge < -0.3 is 10.3 Å². The van der Waals surface area contributed by atoms with Crippen molar-refractivity contribution in [1.82, 2.24) is 4.90 Å². The number of pyridine rings is 1. The number of aliphatic hydroxyl groups excluding tert-OH is 1. The summed E-state index contributed by atoms with van der Waals surface area (Å²) in [7, 11) is 0. The summed E-state index contributed by atoms with van der Waals surface area (Å²) in [5.41, 5.74) is 0.228. The molecule has 5 nitrogen and oxygen atoms in total. The van der Waals surface area contributed by atoms with Crippen LogP contribution in [0.2, 0.25) is 0 Å². The van der Waals surface area contributed by atoms with E-state index in [1.807, 2.05) is 4.90 Å². The SMILES string of the molecule is N#C[C@@H]([C@@H](O)c1cccc[n+]1[O-])N1CCCC1. The zero-order chi connectivity index (χ0) is 12.3. The molecule has 2 rings (SSSR count). The van der Waals surface area contributed by atoms with Crippen LogP contribution in [-0.4, -0.2) is 29.1 Å². The minimum absolute atomic E-state index is 0.228. The maximum Gasteiger partial charge on any atom is 0.224 e. The molecule has 0 saturated carbocycles. The molecule has 0 unspecified atom stereocenters. The van der Waals surface area contributed by atoms with Crippen LogP contribution in [0, 0.1) is 16.5 Å². The van der Waals surface area contributed by atoms with E-state index in [4.69, 9.17) is 5.26 Å². The zero-order valence-corrected chi connectivity index (χ0v) is 9.49. The van der Waals surface area contributed by atoms with Gasteiger partial charge in [-0.1, -0.05) is 0 Å². The summed E-state index contributed by atoms with van der Waals surface area (Å²) in [4.78, 5) is 1.93. The third kappa shape index (κ3) is 2.38. The highest BCUT2D eigenvalue weighted by atomic mass is 16.5. The topological polar surface area (TPSA) is 74.2 Å². The molecule has 2 heterocycles. The van der Waals surface area contributed by atoms with Crippen molar-refractivity contribution >= 4 is 0 Å². The minimum atomic E-state index is -1.06. The van der Waals surface area contributed by atoms with Crippen molar-refractivity contribution in [2.24, 2.45) is 0 Å². The number of hydrogen-bond acceptors (Lipinski definition) is 4. The predicted octanol–water partition coefficient (Wildman–Crippen LogP) is 0.341. The van der Waals surface area contributed by atoms with Gasteiger partial charge in [-0.3, -0.25) is 4.90 Å². The van der Waals surface area contributed by atoms with Crippen LogP contribution < -0.4 is 4.73 Å². The Labute approximate surface area is 100 Å². The van der Waals surface area contributed by atoms with Crippen LogP contribution in [0.4, 0.5) is 0 Å². The Kier molecular flexibility index (Phi) is 3.57. The standard InChI is InChI=1S/C12H15N3O2/c13-9-11(14-6-3-4-7-14)12(16)10-5-1-2-8-15(10)17/h1-2,5,8,11-12,16H,3-4,6-7H2/t11-,12-/m0/s1. The van der Waals surface area contributed by atoms with Gasteiger partial charge in [-0.25, -0.2) is 0 Å². The van der Waals surface area contributed by atoms with E-state index in [1.165, 1.54) is 6.20 Å². The van der Waals surface area contributed by atoms with Crippen LogP contribution in [0.15, 0.2) is 24.4 Å². The molecule has 17 heavy (non-hydrogen) atoms. The first-order valence-corrected chi connectivity index (χ1v) is 5.74. The molecule has 1 saturated heterocycles. The van der Waals surface area contributed by atoms with Crippen LogP contribution >= 0.6 is 0 Å². The number of aromatic nitrogens is 1. The normalized spacial score (nSPS) is 19.8. The molecule has 1 aliphatic heterocycles. The largest absolute Gasteiger partial charge is 0.618 e. The Morgan fingerprint density at radius 2 is 2.12 bits per heavy atom. The van der Waals surface area contributed by atoms with Gasteiger partial charge in [-0.2, -0.15) is 9.99 Å². The summed E-state index contributed by atoms with van der Waals surface area (Å²) < 4.78 is 0.616. The molecule has 90 valence electrons. The van der Waals surface area contributed by atoms with E-state index < -0.39 is 12.1 Å². The third-order valence-electron chi connectivity index (χ3n) is 3.12. The van der Waals surface area contributed by atoms with Gasteiger partial charge in [-0.05, 0) is 32.0 Å². The monoisotopic (exact) mass is 233 g/mol. The van der Waals surface area contributed by atoms with E-state index in [1.54, 1.807) is 18.2 Å². The molecule has 0 aliphatic carbocycles. The predicted molar refractivity (Wildman–Crippen MR) is 60.6 cm³/mol. The number of likely N-dealkylation sites (tertiary alicyclic amines) is 1. The molecule has 5 heteroatoms. The van der Waals surface area contributed by atoms with E-state index in [2.05, 4.69) is 6.07 Å². The van der Waals surface area contributed by atoms with Crippen molar-refractivity contribution in [3.8, 4) is 6.07 Å². The lowest BCUT2D eigenvalue weighted by Crippen LogP contribution is -2.42. The summed E-state index contributed by atoms with van der Waals surface area (Å²) in [5.74, 6) is 0. The van der Waals surface area contributed by atoms with Gasteiger partial charge in [0.05, 0.1) is 6.07 Å². The highest BCUT2D eigenvalue weighted by molar-refractivity contribution is 5.10. The number of hydrogen-bond donors (Lipinski definition) is 1. The van der Waals surface area contributed by atoms with Crippen LogP contribution in [0.3, 0.4) is 0 Å². The molecule has 1 aromatic heterocycles. The van der Waals surface area contributed by atoms with Crippen molar-refractivity contribution in [3.63, 3.8) is 0 Å². The van der Waals surface area contributed by atoms with Gasteiger partial charge in [0.15, 0.2) is 12.3 Å². The van der Waals surface area contributed by atoms with Crippen LogP contribution in [0.1, 0.15) is 24.6 Å². The summed E-state index contributed by atoms with van der Waals surface area (Å²) in [6, 6.07) is 6.29. The number of aliphatic hydroxyl groups is 1. The van der Waals surface area contributed by atoms with E-state index in [0.717, 1.165) is 25.9 Å². The van der Waals surface area contributed by atoms with Gasteiger partial charge in [0, 0.05) is 12.1 Å². The second kappa shape index (κ2) is 5.13. The van der Waals surface area contributed by atoms with Crippen molar-refractivity contribution in [1.29, 1.82) is 5.26 Å². The highest BCUT2D eigenvalue weighted by Crippen LogP contribution is 2.21. The van der Waals surface area contributed by atoms with E-state index in [-0.39, 0.29) is 5.69 Å². The highest BCUT2D eigenvalue weighted by Gasteiger charge is 2.33. The molecule has 2 atom stereocenters. The van der Waals surface area contributed by atoms with Crippen molar-refractivity contribution in [2.75, 3.05) is 13.1 Å². The zero-order valence-electron chi connectivity index (χ0n) is 9.49. The lowest BCUT2D eigenvalue weighted by atomic mass is 10.1. The first-order valence-electron chi connectivity index (χ1n) is 5.74. The van der Waals surface area contributed by atoms with Gasteiger partial charge in [0.25, 0.3) is 0 Å². The van der Waals surface area contributed by atoms with Crippen molar-refractivity contribution < 1.29 is 9.84 Å². The fourth-order valence-electron chi connectivity index (χ4n) is 2.20. The molecular weight excluding hydrogens is 218 g/mol. The fourth-order valence-corrected chi connectivity index (χ4v) is 2.20. The van der Waals surface area contributed by atoms with E-state index in [0.29, 0.717) is 4.73 Å². The van der Waals surface area contributed by atoms with Crippen LogP contribution in [0.25, 0.3) is 0 Å². The number of nitriles is 1. The summed E-state index contributed by atoms with van der Waals surface area (Å²) in [5, 5.41) is 30.8. The minimum Gasteiger partial charge on any atom is -0.618 e. The first kappa shape index (κ1) is 11.8. The Balaban J connectivity index is 2.20. The van der Waals surface area contributed by atoms with Gasteiger partial charge in [0.1, 0.15) is 6.04 Å². The summed E-state index contributed by atoms with van der Waals surface area (Å²) >= 11 is 0. The van der Waals surface area contributed by atoms with Gasteiger partial charge >= 0.3 is 0 Å². The molecule has 0 bridgehead atoms. The molecule has 0 amide bonds. The molecular formula is C12H15N3O2. The maximum atomic E-state index is 11.5. The average Bonchev–Trinajstić information content (AvgIpc) is 2.84. The lowest BCUT2D eigenvalue weighted by molar-refractivity contribution is -0.619. The average molecular weight is 233 g/mol. The quantitative estimate of drug-likeness (QED) is 0.603. The Hall–Kier alpha value is -1.64. The molecule has 0 radical (unpaired) electrons. The molecule has 0 aromatic carbocycles. The Bertz CT molecular complexity index is 424. The second-order valence-electron chi connectivity index (χ2n) is 4.21. The fraction of sp³-hybridized carbons (Fsp3) is 0.500. The molecule has 1 N–H and O–H groups in total.